The number of methoxy groups -OCH3 is 1. The van der Waals surface area contributed by atoms with Gasteiger partial charge in [-0.3, -0.25) is 0 Å². The summed E-state index contributed by atoms with van der Waals surface area (Å²) in [7, 11) is -0.593. The highest BCUT2D eigenvalue weighted by Crippen LogP contribution is 2.29. The normalized spacial score (nSPS) is 11.7. The smallest absolute Gasteiger partial charge is 0.240 e. The highest BCUT2D eigenvalue weighted by molar-refractivity contribution is 7.89. The van der Waals surface area contributed by atoms with Gasteiger partial charge in [-0.15, -0.1) is 0 Å². The van der Waals surface area contributed by atoms with E-state index in [4.69, 9.17) is 4.74 Å². The van der Waals surface area contributed by atoms with Crippen LogP contribution in [0.4, 0.5) is 0 Å². The van der Waals surface area contributed by atoms with Gasteiger partial charge >= 0.3 is 0 Å². The lowest BCUT2D eigenvalue weighted by Crippen LogP contribution is -2.19. The third-order valence-corrected chi connectivity index (χ3v) is 4.17. The Morgan fingerprint density at radius 2 is 1.94 bits per heavy atom. The van der Waals surface area contributed by atoms with Crippen molar-refractivity contribution in [2.75, 3.05) is 14.2 Å². The number of aryl methyl sites for hydroxylation is 1. The molecular formula is C12H14N2O3S. The van der Waals surface area contributed by atoms with Gasteiger partial charge in [0.2, 0.25) is 10.0 Å². The summed E-state index contributed by atoms with van der Waals surface area (Å²) >= 11 is 0. The molecule has 1 heterocycles. The van der Waals surface area contributed by atoms with E-state index in [1.807, 2.05) is 6.92 Å². The molecule has 0 bridgehead atoms. The molecule has 0 aliphatic heterocycles. The first kappa shape index (κ1) is 12.8. The zero-order valence-corrected chi connectivity index (χ0v) is 11.2. The Balaban J connectivity index is 2.88. The summed E-state index contributed by atoms with van der Waals surface area (Å²) in [6, 6.07) is 6.64. The molecule has 2 rings (SSSR count). The molecule has 5 nitrogen and oxygen atoms in total. The number of aromatic nitrogens is 1. The number of nitrogens with one attached hydrogen (secondary N) is 1. The molecule has 0 amide bonds. The molecule has 0 aliphatic rings. The molecule has 0 atom stereocenters. The topological polar surface area (TPSA) is 68.3 Å². The van der Waals surface area contributed by atoms with Gasteiger partial charge in [-0.05, 0) is 38.2 Å². The van der Waals surface area contributed by atoms with Gasteiger partial charge in [0.1, 0.15) is 11.3 Å². The Hall–Kier alpha value is -1.66. The van der Waals surface area contributed by atoms with Crippen LogP contribution in [-0.4, -0.2) is 27.6 Å². The van der Waals surface area contributed by atoms with Crippen LogP contribution in [0.25, 0.3) is 10.9 Å². The van der Waals surface area contributed by atoms with Crippen LogP contribution in [0.15, 0.2) is 29.2 Å². The van der Waals surface area contributed by atoms with Crippen molar-refractivity contribution < 1.29 is 13.2 Å². The van der Waals surface area contributed by atoms with Crippen LogP contribution in [0.2, 0.25) is 0 Å². The third-order valence-electron chi connectivity index (χ3n) is 2.70. The summed E-state index contributed by atoms with van der Waals surface area (Å²) in [4.78, 5) is 4.54. The average molecular weight is 266 g/mol. The second-order valence-electron chi connectivity index (χ2n) is 3.82. The minimum atomic E-state index is -3.51. The molecule has 1 aromatic heterocycles. The Labute approximate surface area is 106 Å². The number of rotatable bonds is 3. The highest BCUT2D eigenvalue weighted by atomic mass is 32.2. The molecule has 6 heteroatoms. The van der Waals surface area contributed by atoms with Crippen LogP contribution in [0.1, 0.15) is 5.69 Å². The van der Waals surface area contributed by atoms with Crippen molar-refractivity contribution >= 4 is 20.9 Å². The molecule has 0 radical (unpaired) electrons. The fourth-order valence-electron chi connectivity index (χ4n) is 1.77. The van der Waals surface area contributed by atoms with Gasteiger partial charge < -0.3 is 4.74 Å². The van der Waals surface area contributed by atoms with Crippen LogP contribution >= 0.6 is 0 Å². The largest absolute Gasteiger partial charge is 0.494 e. The average Bonchev–Trinajstić information content (AvgIpc) is 2.37. The maximum absolute atomic E-state index is 11.9. The molecule has 0 saturated heterocycles. The number of pyridine rings is 1. The summed E-state index contributed by atoms with van der Waals surface area (Å²) in [5.41, 5.74) is 1.36. The number of hydrogen-bond acceptors (Lipinski definition) is 4. The van der Waals surface area contributed by atoms with E-state index in [1.54, 1.807) is 18.2 Å². The number of ether oxygens (including phenoxy) is 1. The lowest BCUT2D eigenvalue weighted by atomic mass is 10.2. The van der Waals surface area contributed by atoms with Gasteiger partial charge in [-0.1, -0.05) is 0 Å². The fourth-order valence-corrected chi connectivity index (χ4v) is 2.69. The summed E-state index contributed by atoms with van der Waals surface area (Å²) in [5.74, 6) is 0.559. The Kier molecular flexibility index (Phi) is 3.23. The predicted molar refractivity (Wildman–Crippen MR) is 69.3 cm³/mol. The maximum atomic E-state index is 11.9. The SMILES string of the molecule is CNS(=O)(=O)c1ccc(OC)c2nc(C)ccc12. The molecule has 0 spiro atoms. The summed E-state index contributed by atoms with van der Waals surface area (Å²) in [5, 5.41) is 0.550. The standard InChI is InChI=1S/C12H14N2O3S/c1-8-4-5-9-11(18(15,16)13-2)7-6-10(17-3)12(9)14-8/h4-7,13H,1-3H3. The summed E-state index contributed by atoms with van der Waals surface area (Å²) in [6.45, 7) is 1.85. The van der Waals surface area contributed by atoms with E-state index in [9.17, 15) is 8.42 Å². The van der Waals surface area contributed by atoms with E-state index < -0.39 is 10.0 Å². The molecule has 96 valence electrons. The Morgan fingerprint density at radius 1 is 1.22 bits per heavy atom. The first-order valence-corrected chi connectivity index (χ1v) is 6.86. The fraction of sp³-hybridized carbons (Fsp3) is 0.250. The quantitative estimate of drug-likeness (QED) is 0.913. The molecule has 2 aromatic rings. The van der Waals surface area contributed by atoms with Gasteiger partial charge in [0.25, 0.3) is 0 Å². The van der Waals surface area contributed by atoms with Crippen molar-refractivity contribution in [1.82, 2.24) is 9.71 Å². The van der Waals surface area contributed by atoms with Crippen molar-refractivity contribution in [3.63, 3.8) is 0 Å². The van der Waals surface area contributed by atoms with E-state index in [-0.39, 0.29) is 4.90 Å². The second kappa shape index (κ2) is 4.55. The van der Waals surface area contributed by atoms with Crippen molar-refractivity contribution in [2.45, 2.75) is 11.8 Å². The van der Waals surface area contributed by atoms with Crippen LogP contribution in [0, 0.1) is 6.92 Å². The zero-order valence-electron chi connectivity index (χ0n) is 10.4. The van der Waals surface area contributed by atoms with Crippen molar-refractivity contribution in [2.24, 2.45) is 0 Å². The number of benzene rings is 1. The molecule has 0 aliphatic carbocycles. The van der Waals surface area contributed by atoms with Crippen LogP contribution < -0.4 is 9.46 Å². The van der Waals surface area contributed by atoms with E-state index in [2.05, 4.69) is 9.71 Å². The second-order valence-corrected chi connectivity index (χ2v) is 5.68. The molecular weight excluding hydrogens is 252 g/mol. The zero-order chi connectivity index (χ0) is 13.3. The van der Waals surface area contributed by atoms with Gasteiger partial charge in [0.15, 0.2) is 0 Å². The Bertz CT molecular complexity index is 696. The molecule has 1 N–H and O–H groups in total. The monoisotopic (exact) mass is 266 g/mol. The van der Waals surface area contributed by atoms with Crippen molar-refractivity contribution in [1.29, 1.82) is 0 Å². The lowest BCUT2D eigenvalue weighted by Gasteiger charge is -2.10. The van der Waals surface area contributed by atoms with Crippen molar-refractivity contribution in [3.05, 3.63) is 30.0 Å². The van der Waals surface area contributed by atoms with Crippen LogP contribution in [-0.2, 0) is 10.0 Å². The predicted octanol–water partition coefficient (Wildman–Crippen LogP) is 1.46. The van der Waals surface area contributed by atoms with Crippen molar-refractivity contribution in [3.8, 4) is 5.75 Å². The van der Waals surface area contributed by atoms with Gasteiger partial charge in [-0.25, -0.2) is 18.1 Å². The molecule has 0 unspecified atom stereocenters. The molecule has 18 heavy (non-hydrogen) atoms. The van der Waals surface area contributed by atoms with E-state index in [0.717, 1.165) is 5.69 Å². The first-order valence-electron chi connectivity index (χ1n) is 5.37. The van der Waals surface area contributed by atoms with Crippen LogP contribution in [0.5, 0.6) is 5.75 Å². The van der Waals surface area contributed by atoms with Crippen LogP contribution in [0.3, 0.4) is 0 Å². The van der Waals surface area contributed by atoms with Gasteiger partial charge in [-0.2, -0.15) is 0 Å². The minimum Gasteiger partial charge on any atom is -0.494 e. The third kappa shape index (κ3) is 2.04. The number of fused-ring (bicyclic) bond motifs is 1. The molecule has 0 saturated carbocycles. The molecule has 0 fully saturated rings. The molecule has 1 aromatic carbocycles. The highest BCUT2D eigenvalue weighted by Gasteiger charge is 2.17. The van der Waals surface area contributed by atoms with E-state index in [1.165, 1.54) is 20.2 Å². The Morgan fingerprint density at radius 3 is 2.56 bits per heavy atom. The van der Waals surface area contributed by atoms with E-state index in [0.29, 0.717) is 16.7 Å². The minimum absolute atomic E-state index is 0.202. The first-order chi connectivity index (χ1) is 8.49. The van der Waals surface area contributed by atoms with Gasteiger partial charge in [0.05, 0.1) is 12.0 Å². The number of hydrogen-bond donors (Lipinski definition) is 1. The lowest BCUT2D eigenvalue weighted by molar-refractivity contribution is 0.418. The summed E-state index contributed by atoms with van der Waals surface area (Å²) < 4.78 is 31.4. The number of nitrogens with zero attached hydrogens (tertiary/aromatic N) is 1. The van der Waals surface area contributed by atoms with Gasteiger partial charge in [0, 0.05) is 11.1 Å². The van der Waals surface area contributed by atoms with E-state index >= 15 is 0 Å². The maximum Gasteiger partial charge on any atom is 0.240 e. The number of sulfonamides is 1. The summed E-state index contributed by atoms with van der Waals surface area (Å²) in [6.07, 6.45) is 0.